The molecular formula is C14H17N3O3. The summed E-state index contributed by atoms with van der Waals surface area (Å²) >= 11 is 0. The first kappa shape index (κ1) is 14.1. The molecule has 106 valence electrons. The second-order valence-electron chi connectivity index (χ2n) is 4.40. The van der Waals surface area contributed by atoms with Crippen LogP contribution in [0.25, 0.3) is 0 Å². The molecule has 0 saturated carbocycles. The van der Waals surface area contributed by atoms with Crippen LogP contribution in [0.15, 0.2) is 42.7 Å². The zero-order valence-electron chi connectivity index (χ0n) is 11.2. The fourth-order valence-corrected chi connectivity index (χ4v) is 1.71. The Morgan fingerprint density at radius 3 is 2.80 bits per heavy atom. The van der Waals surface area contributed by atoms with Gasteiger partial charge in [0.25, 0.3) is 0 Å². The van der Waals surface area contributed by atoms with Gasteiger partial charge in [0, 0.05) is 25.0 Å². The molecule has 0 aliphatic carbocycles. The Morgan fingerprint density at radius 2 is 2.20 bits per heavy atom. The molecule has 0 saturated heterocycles. The van der Waals surface area contributed by atoms with E-state index in [-0.39, 0.29) is 12.5 Å². The quantitative estimate of drug-likeness (QED) is 0.832. The number of aliphatic hydroxyl groups is 1. The summed E-state index contributed by atoms with van der Waals surface area (Å²) in [6.45, 7) is 2.02. The molecule has 0 unspecified atom stereocenters. The largest absolute Gasteiger partial charge is 0.491 e. The molecule has 1 amide bonds. The second-order valence-corrected chi connectivity index (χ2v) is 4.40. The Kier molecular flexibility index (Phi) is 4.73. The maximum absolute atomic E-state index is 10.9. The number of nitrogens with one attached hydrogen (secondary N) is 1. The van der Waals surface area contributed by atoms with Crippen LogP contribution in [0.3, 0.4) is 0 Å². The summed E-state index contributed by atoms with van der Waals surface area (Å²) in [5.74, 6) is 0.520. The van der Waals surface area contributed by atoms with Crippen molar-refractivity contribution in [1.29, 1.82) is 0 Å². The molecule has 0 spiro atoms. The molecular weight excluding hydrogens is 258 g/mol. The van der Waals surface area contributed by atoms with Gasteiger partial charge in [0.1, 0.15) is 18.5 Å². The predicted octanol–water partition coefficient (Wildman–Crippen LogP) is 1.28. The van der Waals surface area contributed by atoms with Gasteiger partial charge in [0.2, 0.25) is 5.91 Å². The molecule has 0 bridgehead atoms. The number of rotatable bonds is 6. The van der Waals surface area contributed by atoms with Crippen LogP contribution in [-0.4, -0.2) is 33.5 Å². The Balaban J connectivity index is 1.80. The molecule has 0 aliphatic heterocycles. The molecule has 1 heterocycles. The topological polar surface area (TPSA) is 76.4 Å². The van der Waals surface area contributed by atoms with E-state index in [9.17, 15) is 9.90 Å². The van der Waals surface area contributed by atoms with Crippen molar-refractivity contribution in [2.24, 2.45) is 0 Å². The van der Waals surface area contributed by atoms with Crippen LogP contribution in [0.1, 0.15) is 6.92 Å². The van der Waals surface area contributed by atoms with Crippen LogP contribution in [0.2, 0.25) is 0 Å². The number of carbonyl (C=O) groups excluding carboxylic acids is 1. The Hall–Kier alpha value is -2.34. The maximum Gasteiger partial charge on any atom is 0.221 e. The molecule has 2 N–H and O–H groups in total. The van der Waals surface area contributed by atoms with Crippen LogP contribution in [0.5, 0.6) is 5.75 Å². The average Bonchev–Trinajstić information content (AvgIpc) is 2.90. The molecule has 2 aromatic rings. The van der Waals surface area contributed by atoms with Gasteiger partial charge in [0.05, 0.1) is 6.54 Å². The van der Waals surface area contributed by atoms with Gasteiger partial charge in [-0.15, -0.1) is 0 Å². The van der Waals surface area contributed by atoms with E-state index in [0.29, 0.717) is 18.0 Å². The van der Waals surface area contributed by atoms with E-state index in [1.165, 1.54) is 6.92 Å². The average molecular weight is 275 g/mol. The highest BCUT2D eigenvalue weighted by Crippen LogP contribution is 2.15. The minimum Gasteiger partial charge on any atom is -0.491 e. The van der Waals surface area contributed by atoms with Crippen molar-refractivity contribution in [2.75, 3.05) is 11.9 Å². The highest BCUT2D eigenvalue weighted by molar-refractivity contribution is 5.88. The monoisotopic (exact) mass is 275 g/mol. The summed E-state index contributed by atoms with van der Waals surface area (Å²) in [5, 5.41) is 16.5. The van der Waals surface area contributed by atoms with Crippen molar-refractivity contribution in [3.05, 3.63) is 42.7 Å². The molecule has 20 heavy (non-hydrogen) atoms. The SMILES string of the molecule is CC(=O)Nc1ccc(OC[C@H](O)Cn2cccn2)cc1. The van der Waals surface area contributed by atoms with E-state index < -0.39 is 6.10 Å². The molecule has 1 atom stereocenters. The van der Waals surface area contributed by atoms with E-state index in [2.05, 4.69) is 10.4 Å². The smallest absolute Gasteiger partial charge is 0.221 e. The number of aromatic nitrogens is 2. The molecule has 2 rings (SSSR count). The van der Waals surface area contributed by atoms with E-state index in [4.69, 9.17) is 4.74 Å². The van der Waals surface area contributed by atoms with Crippen molar-refractivity contribution in [1.82, 2.24) is 9.78 Å². The van der Waals surface area contributed by atoms with Gasteiger partial charge >= 0.3 is 0 Å². The zero-order valence-corrected chi connectivity index (χ0v) is 11.2. The first-order valence-electron chi connectivity index (χ1n) is 6.29. The van der Waals surface area contributed by atoms with Gasteiger partial charge in [0.15, 0.2) is 0 Å². The van der Waals surface area contributed by atoms with Crippen molar-refractivity contribution in [3.8, 4) is 5.75 Å². The number of anilines is 1. The summed E-state index contributed by atoms with van der Waals surface area (Å²) in [6.07, 6.45) is 2.81. The van der Waals surface area contributed by atoms with Crippen molar-refractivity contribution >= 4 is 11.6 Å². The number of hydrogen-bond acceptors (Lipinski definition) is 4. The number of ether oxygens (including phenoxy) is 1. The summed E-state index contributed by atoms with van der Waals surface area (Å²) < 4.78 is 7.12. The molecule has 1 aromatic heterocycles. The third kappa shape index (κ3) is 4.40. The Morgan fingerprint density at radius 1 is 1.45 bits per heavy atom. The fourth-order valence-electron chi connectivity index (χ4n) is 1.71. The van der Waals surface area contributed by atoms with E-state index in [1.807, 2.05) is 0 Å². The van der Waals surface area contributed by atoms with Gasteiger partial charge in [-0.3, -0.25) is 9.48 Å². The minimum absolute atomic E-state index is 0.117. The molecule has 0 aliphatic rings. The number of nitrogens with zero attached hydrogens (tertiary/aromatic N) is 2. The lowest BCUT2D eigenvalue weighted by molar-refractivity contribution is -0.114. The van der Waals surface area contributed by atoms with Crippen LogP contribution in [0, 0.1) is 0 Å². The lowest BCUT2D eigenvalue weighted by Gasteiger charge is -2.12. The molecule has 1 aromatic carbocycles. The molecule has 6 nitrogen and oxygen atoms in total. The normalized spacial score (nSPS) is 11.9. The Bertz CT molecular complexity index is 537. The summed E-state index contributed by atoms with van der Waals surface area (Å²) in [6, 6.07) is 8.78. The highest BCUT2D eigenvalue weighted by Gasteiger charge is 2.06. The van der Waals surface area contributed by atoms with Crippen molar-refractivity contribution in [3.63, 3.8) is 0 Å². The first-order chi connectivity index (χ1) is 9.63. The Labute approximate surface area is 117 Å². The number of aliphatic hydroxyl groups excluding tert-OH is 1. The predicted molar refractivity (Wildman–Crippen MR) is 74.5 cm³/mol. The van der Waals surface area contributed by atoms with Crippen LogP contribution < -0.4 is 10.1 Å². The van der Waals surface area contributed by atoms with Gasteiger partial charge in [-0.2, -0.15) is 5.10 Å². The van der Waals surface area contributed by atoms with Gasteiger partial charge < -0.3 is 15.2 Å². The van der Waals surface area contributed by atoms with E-state index in [1.54, 1.807) is 47.4 Å². The van der Waals surface area contributed by atoms with Crippen LogP contribution in [0.4, 0.5) is 5.69 Å². The second kappa shape index (κ2) is 6.72. The van der Waals surface area contributed by atoms with E-state index in [0.717, 1.165) is 0 Å². The van der Waals surface area contributed by atoms with Crippen LogP contribution >= 0.6 is 0 Å². The third-order valence-corrected chi connectivity index (χ3v) is 2.57. The minimum atomic E-state index is -0.634. The summed E-state index contributed by atoms with van der Waals surface area (Å²) in [5.41, 5.74) is 0.710. The maximum atomic E-state index is 10.9. The molecule has 0 radical (unpaired) electrons. The number of hydrogen-bond donors (Lipinski definition) is 2. The van der Waals surface area contributed by atoms with Gasteiger partial charge in [-0.05, 0) is 30.3 Å². The van der Waals surface area contributed by atoms with Crippen molar-refractivity contribution in [2.45, 2.75) is 19.6 Å². The standard InChI is InChI=1S/C14H17N3O3/c1-11(18)16-12-3-5-14(6-4-12)20-10-13(19)9-17-8-2-7-15-17/h2-8,13,19H,9-10H2,1H3,(H,16,18)/t13-/m1/s1. The summed E-state index contributed by atoms with van der Waals surface area (Å²) in [7, 11) is 0. The summed E-state index contributed by atoms with van der Waals surface area (Å²) in [4.78, 5) is 10.9. The molecule has 0 fully saturated rings. The number of benzene rings is 1. The third-order valence-electron chi connectivity index (χ3n) is 2.57. The van der Waals surface area contributed by atoms with Crippen LogP contribution in [-0.2, 0) is 11.3 Å². The number of amides is 1. The lowest BCUT2D eigenvalue weighted by Crippen LogP contribution is -2.23. The fraction of sp³-hybridized carbons (Fsp3) is 0.286. The van der Waals surface area contributed by atoms with E-state index >= 15 is 0 Å². The molecule has 6 heteroatoms. The first-order valence-corrected chi connectivity index (χ1v) is 6.29. The zero-order chi connectivity index (χ0) is 14.4. The van der Waals surface area contributed by atoms with Crippen molar-refractivity contribution < 1.29 is 14.6 Å². The van der Waals surface area contributed by atoms with Gasteiger partial charge in [-0.1, -0.05) is 0 Å². The number of carbonyl (C=O) groups is 1. The van der Waals surface area contributed by atoms with Gasteiger partial charge in [-0.25, -0.2) is 0 Å². The highest BCUT2D eigenvalue weighted by atomic mass is 16.5. The lowest BCUT2D eigenvalue weighted by atomic mass is 10.3.